The van der Waals surface area contributed by atoms with Crippen molar-refractivity contribution in [3.05, 3.63) is 18.0 Å². The van der Waals surface area contributed by atoms with E-state index in [2.05, 4.69) is 10.4 Å². The number of rotatable bonds is 7. The second-order valence-corrected chi connectivity index (χ2v) is 4.22. The highest BCUT2D eigenvalue weighted by Gasteiger charge is 2.33. The molecule has 0 unspecified atom stereocenters. The molecule has 0 saturated carbocycles. The van der Waals surface area contributed by atoms with Gasteiger partial charge in [-0.2, -0.15) is 5.10 Å². The average Bonchev–Trinajstić information content (AvgIpc) is 2.70. The minimum absolute atomic E-state index is 0.588. The van der Waals surface area contributed by atoms with E-state index in [4.69, 9.17) is 0 Å². The summed E-state index contributed by atoms with van der Waals surface area (Å²) in [7, 11) is 1.89. The van der Waals surface area contributed by atoms with Gasteiger partial charge in [-0.05, 0) is 18.9 Å². The minimum atomic E-state index is -0.793. The smallest absolute Gasteiger partial charge is 0.323 e. The molecule has 0 aliphatic rings. The average molecular weight is 239 g/mol. The lowest BCUT2D eigenvalue weighted by atomic mass is 9.93. The van der Waals surface area contributed by atoms with Gasteiger partial charge in [0, 0.05) is 31.9 Å². The van der Waals surface area contributed by atoms with Crippen LogP contribution in [0.5, 0.6) is 0 Å². The summed E-state index contributed by atoms with van der Waals surface area (Å²) in [5, 5.41) is 16.5. The molecule has 0 aliphatic heterocycles. The standard InChI is InChI=1S/C12H21N3O2/c1-4-12(5-2,11(16)17)13-8-6-10-7-9-14-15(10)3/h7,9,13H,4-6,8H2,1-3H3,(H,16,17). The number of hydrogen-bond acceptors (Lipinski definition) is 3. The Bertz CT molecular complexity index is 370. The van der Waals surface area contributed by atoms with Crippen molar-refractivity contribution in [2.45, 2.75) is 38.6 Å². The number of carbonyl (C=O) groups is 1. The number of nitrogens with one attached hydrogen (secondary N) is 1. The van der Waals surface area contributed by atoms with Crippen molar-refractivity contribution in [3.63, 3.8) is 0 Å². The highest BCUT2D eigenvalue weighted by molar-refractivity contribution is 5.78. The lowest BCUT2D eigenvalue weighted by molar-refractivity contribution is -0.145. The SMILES string of the molecule is CCC(CC)(NCCc1ccnn1C)C(=O)O. The summed E-state index contributed by atoms with van der Waals surface area (Å²) in [5.41, 5.74) is 0.308. The zero-order chi connectivity index (χ0) is 12.9. The molecule has 2 N–H and O–H groups in total. The second-order valence-electron chi connectivity index (χ2n) is 4.22. The minimum Gasteiger partial charge on any atom is -0.480 e. The summed E-state index contributed by atoms with van der Waals surface area (Å²) in [5.74, 6) is -0.771. The quantitative estimate of drug-likeness (QED) is 0.750. The Hall–Kier alpha value is -1.36. The molecule has 0 atom stereocenters. The number of carboxylic acid groups (broad SMARTS) is 1. The molecule has 5 heteroatoms. The topological polar surface area (TPSA) is 67.2 Å². The second kappa shape index (κ2) is 5.82. The molecule has 1 heterocycles. The van der Waals surface area contributed by atoms with Crippen LogP contribution in [-0.4, -0.2) is 32.9 Å². The van der Waals surface area contributed by atoms with E-state index < -0.39 is 11.5 Å². The Labute approximate surface area is 102 Å². The number of aliphatic carboxylic acids is 1. The van der Waals surface area contributed by atoms with Crippen LogP contribution in [0.1, 0.15) is 32.4 Å². The summed E-state index contributed by atoms with van der Waals surface area (Å²) in [6, 6.07) is 1.95. The Morgan fingerprint density at radius 1 is 1.53 bits per heavy atom. The van der Waals surface area contributed by atoms with Crippen molar-refractivity contribution in [1.29, 1.82) is 0 Å². The summed E-state index contributed by atoms with van der Waals surface area (Å²) in [4.78, 5) is 11.3. The molecule has 5 nitrogen and oxygen atoms in total. The van der Waals surface area contributed by atoms with Crippen LogP contribution in [0, 0.1) is 0 Å². The molecule has 17 heavy (non-hydrogen) atoms. The molecule has 0 aliphatic carbocycles. The van der Waals surface area contributed by atoms with Gasteiger partial charge >= 0.3 is 5.97 Å². The Morgan fingerprint density at radius 3 is 2.59 bits per heavy atom. The number of hydrogen-bond donors (Lipinski definition) is 2. The number of aryl methyl sites for hydroxylation is 1. The van der Waals surface area contributed by atoms with Gasteiger partial charge in [-0.1, -0.05) is 13.8 Å². The van der Waals surface area contributed by atoms with Crippen LogP contribution in [-0.2, 0) is 18.3 Å². The van der Waals surface area contributed by atoms with E-state index in [0.717, 1.165) is 12.1 Å². The van der Waals surface area contributed by atoms with E-state index in [1.165, 1.54) is 0 Å². The van der Waals surface area contributed by atoms with Crippen LogP contribution in [0.4, 0.5) is 0 Å². The van der Waals surface area contributed by atoms with Crippen LogP contribution in [0.15, 0.2) is 12.3 Å². The van der Waals surface area contributed by atoms with Crippen molar-refractivity contribution in [1.82, 2.24) is 15.1 Å². The van der Waals surface area contributed by atoms with Crippen molar-refractivity contribution < 1.29 is 9.90 Å². The number of aromatic nitrogens is 2. The third-order valence-corrected chi connectivity index (χ3v) is 3.38. The molecular formula is C12H21N3O2. The van der Waals surface area contributed by atoms with Crippen molar-refractivity contribution in [2.75, 3.05) is 6.54 Å². The first-order valence-electron chi connectivity index (χ1n) is 6.01. The lowest BCUT2D eigenvalue weighted by Gasteiger charge is -2.28. The van der Waals surface area contributed by atoms with Gasteiger partial charge in [-0.25, -0.2) is 0 Å². The van der Waals surface area contributed by atoms with Gasteiger partial charge < -0.3 is 10.4 Å². The lowest BCUT2D eigenvalue weighted by Crippen LogP contribution is -2.51. The van der Waals surface area contributed by atoms with E-state index in [1.54, 1.807) is 6.20 Å². The Balaban J connectivity index is 2.54. The first-order valence-corrected chi connectivity index (χ1v) is 6.01. The molecule has 0 radical (unpaired) electrons. The first-order chi connectivity index (χ1) is 8.05. The summed E-state index contributed by atoms with van der Waals surface area (Å²) in [6.45, 7) is 4.44. The molecule has 0 bridgehead atoms. The van der Waals surface area contributed by atoms with Crippen LogP contribution in [0.25, 0.3) is 0 Å². The third kappa shape index (κ3) is 3.06. The van der Waals surface area contributed by atoms with Gasteiger partial charge in [0.15, 0.2) is 0 Å². The normalized spacial score (nSPS) is 11.7. The highest BCUT2D eigenvalue weighted by Crippen LogP contribution is 2.15. The van der Waals surface area contributed by atoms with Crippen LogP contribution in [0.3, 0.4) is 0 Å². The molecular weight excluding hydrogens is 218 g/mol. The van der Waals surface area contributed by atoms with Crippen molar-refractivity contribution in [3.8, 4) is 0 Å². The largest absolute Gasteiger partial charge is 0.480 e. The van der Waals surface area contributed by atoms with Gasteiger partial charge in [-0.3, -0.25) is 9.48 Å². The molecule has 1 aromatic rings. The molecule has 1 aromatic heterocycles. The molecule has 0 saturated heterocycles. The molecule has 0 spiro atoms. The van der Waals surface area contributed by atoms with Gasteiger partial charge in [0.05, 0.1) is 0 Å². The van der Waals surface area contributed by atoms with E-state index in [9.17, 15) is 9.90 Å². The first kappa shape index (κ1) is 13.7. The van der Waals surface area contributed by atoms with Gasteiger partial charge in [0.25, 0.3) is 0 Å². The van der Waals surface area contributed by atoms with E-state index in [0.29, 0.717) is 19.4 Å². The highest BCUT2D eigenvalue weighted by atomic mass is 16.4. The molecule has 96 valence electrons. The van der Waals surface area contributed by atoms with E-state index >= 15 is 0 Å². The van der Waals surface area contributed by atoms with Gasteiger partial charge in [0.2, 0.25) is 0 Å². The fraction of sp³-hybridized carbons (Fsp3) is 0.667. The predicted molar refractivity (Wildman–Crippen MR) is 65.9 cm³/mol. The summed E-state index contributed by atoms with van der Waals surface area (Å²) < 4.78 is 1.81. The third-order valence-electron chi connectivity index (χ3n) is 3.38. The molecule has 1 rings (SSSR count). The Kier molecular flexibility index (Phi) is 4.69. The zero-order valence-electron chi connectivity index (χ0n) is 10.7. The summed E-state index contributed by atoms with van der Waals surface area (Å²) >= 11 is 0. The Morgan fingerprint density at radius 2 is 2.18 bits per heavy atom. The number of nitrogens with zero attached hydrogens (tertiary/aromatic N) is 2. The maximum Gasteiger partial charge on any atom is 0.323 e. The summed E-state index contributed by atoms with van der Waals surface area (Å²) in [6.07, 6.45) is 3.71. The fourth-order valence-corrected chi connectivity index (χ4v) is 1.95. The monoisotopic (exact) mass is 239 g/mol. The van der Waals surface area contributed by atoms with Gasteiger partial charge in [0.1, 0.15) is 5.54 Å². The van der Waals surface area contributed by atoms with Crippen LogP contribution in [0.2, 0.25) is 0 Å². The molecule has 0 fully saturated rings. The van der Waals surface area contributed by atoms with Crippen LogP contribution >= 0.6 is 0 Å². The van der Waals surface area contributed by atoms with Crippen molar-refractivity contribution >= 4 is 5.97 Å². The number of carboxylic acids is 1. The van der Waals surface area contributed by atoms with Crippen LogP contribution < -0.4 is 5.32 Å². The maximum absolute atomic E-state index is 11.3. The fourth-order valence-electron chi connectivity index (χ4n) is 1.95. The molecule has 0 amide bonds. The maximum atomic E-state index is 11.3. The van der Waals surface area contributed by atoms with Gasteiger partial charge in [-0.15, -0.1) is 0 Å². The molecule has 0 aromatic carbocycles. The van der Waals surface area contributed by atoms with E-state index in [1.807, 2.05) is 31.6 Å². The zero-order valence-corrected chi connectivity index (χ0v) is 10.7. The van der Waals surface area contributed by atoms with Crippen molar-refractivity contribution in [2.24, 2.45) is 7.05 Å². The predicted octanol–water partition coefficient (Wildman–Crippen LogP) is 1.20. The van der Waals surface area contributed by atoms with E-state index in [-0.39, 0.29) is 0 Å².